The number of nitrogens with one attached hydrogen (secondary N) is 4. The van der Waals surface area contributed by atoms with Gasteiger partial charge in [-0.3, -0.25) is 34.1 Å². The molecule has 0 unspecified atom stereocenters. The number of nitrogens with zero attached hydrogens (tertiary/aromatic N) is 14. The lowest BCUT2D eigenvalue weighted by atomic mass is 10.4. The van der Waals surface area contributed by atoms with E-state index >= 15 is 0 Å². The largest absolute Gasteiger partial charge is 0.383 e. The maximum Gasteiger partial charge on any atom is 0.349 e. The Morgan fingerprint density at radius 2 is 1.10 bits per heavy atom. The molecule has 324 valence electrons. The van der Waals surface area contributed by atoms with E-state index in [0.29, 0.717) is 39.2 Å². The second-order valence-corrected chi connectivity index (χ2v) is 12.7. The minimum Gasteiger partial charge on any atom is -0.383 e. The molecule has 0 saturated carbocycles. The van der Waals surface area contributed by atoms with Crippen LogP contribution < -0.4 is 56.5 Å². The van der Waals surface area contributed by atoms with E-state index in [-0.39, 0.29) is 51.1 Å². The second kappa shape index (κ2) is 20.0. The van der Waals surface area contributed by atoms with Gasteiger partial charge in [0.1, 0.15) is 17.7 Å². The maximum atomic E-state index is 11.2. The maximum absolute atomic E-state index is 11.2. The van der Waals surface area contributed by atoms with Gasteiger partial charge in [0.15, 0.2) is 33.8 Å². The third-order valence-electron chi connectivity index (χ3n) is 7.90. The number of hydrogen-bond donors (Lipinski definition) is 7. The van der Waals surface area contributed by atoms with Crippen molar-refractivity contribution in [1.82, 2.24) is 87.2 Å². The molecule has 0 amide bonds. The molecule has 0 aliphatic carbocycles. The molecule has 0 fully saturated rings. The van der Waals surface area contributed by atoms with E-state index in [0.717, 1.165) is 5.65 Å². The number of nitrogen functional groups attached to an aromatic ring is 3. The van der Waals surface area contributed by atoms with Crippen LogP contribution in [0.25, 0.3) is 33.5 Å². The van der Waals surface area contributed by atoms with Crippen LogP contribution in [0.1, 0.15) is 5.56 Å². The zero-order valence-electron chi connectivity index (χ0n) is 34.1. The summed E-state index contributed by atoms with van der Waals surface area (Å²) >= 11 is 0. The first-order chi connectivity index (χ1) is 29.3. The summed E-state index contributed by atoms with van der Waals surface area (Å²) in [5.74, 6) is 0.796. The third kappa shape index (κ3) is 11.7. The molecule has 0 atom stereocenters. The molecule has 0 spiro atoms. The van der Waals surface area contributed by atoms with Gasteiger partial charge in [-0.05, 0) is 13.0 Å². The summed E-state index contributed by atoms with van der Waals surface area (Å²) in [5.41, 5.74) is 17.6. The minimum atomic E-state index is -0.387. The van der Waals surface area contributed by atoms with Gasteiger partial charge in [0.05, 0.1) is 25.3 Å². The molecule has 62 heavy (non-hydrogen) atoms. The lowest BCUT2D eigenvalue weighted by Gasteiger charge is -1.94. The molecule has 9 aromatic heterocycles. The highest BCUT2D eigenvalue weighted by molar-refractivity contribution is 5.80. The number of rotatable bonds is 0. The fourth-order valence-corrected chi connectivity index (χ4v) is 4.61. The number of anilines is 3. The molecule has 28 heteroatoms. The summed E-state index contributed by atoms with van der Waals surface area (Å²) in [6, 6.07) is 2.86. The number of imidazole rings is 3. The van der Waals surface area contributed by atoms with Gasteiger partial charge < -0.3 is 49.6 Å². The lowest BCUT2D eigenvalue weighted by Crippen LogP contribution is -2.28. The van der Waals surface area contributed by atoms with Gasteiger partial charge in [-0.1, -0.05) is 0 Å². The highest BCUT2D eigenvalue weighted by Gasteiger charge is 2.06. The van der Waals surface area contributed by atoms with Gasteiger partial charge in [-0.2, -0.15) is 9.97 Å². The van der Waals surface area contributed by atoms with Gasteiger partial charge in [0, 0.05) is 72.5 Å². The molecule has 9 heterocycles. The van der Waals surface area contributed by atoms with E-state index < -0.39 is 0 Å². The monoisotopic (exact) mass is 855 g/mol. The Morgan fingerprint density at radius 1 is 0.532 bits per heavy atom. The Morgan fingerprint density at radius 3 is 1.65 bits per heavy atom. The topological polar surface area (TPSA) is 393 Å². The van der Waals surface area contributed by atoms with Crippen molar-refractivity contribution >= 4 is 51.1 Å². The molecule has 28 nitrogen and oxygen atoms in total. The van der Waals surface area contributed by atoms with Gasteiger partial charge in [0.2, 0.25) is 5.95 Å². The van der Waals surface area contributed by atoms with Gasteiger partial charge in [-0.25, -0.2) is 44.3 Å². The average molecular weight is 856 g/mol. The molecule has 0 aliphatic rings. The van der Waals surface area contributed by atoms with Crippen LogP contribution in [0, 0.1) is 6.92 Å². The SMILES string of the molecule is Cc1cn(C)c(=O)[nH]c1=O.Cn1ccc(=O)[nH]c1=O.Cn1ccc(N)nc1=O.Cn1cnc2c(=O)[nH]c(N)nc21.Cn1cnc2c(=O)[nH]cnc21.Cn1cnc2c(N)ncnc21. The third-order valence-corrected chi connectivity index (χ3v) is 7.90. The van der Waals surface area contributed by atoms with Crippen LogP contribution in [0.3, 0.4) is 0 Å². The summed E-state index contributed by atoms with van der Waals surface area (Å²) in [7, 11) is 10.2. The Hall–Kier alpha value is -9.11. The van der Waals surface area contributed by atoms with Crippen molar-refractivity contribution in [3.05, 3.63) is 141 Å². The molecule has 9 aromatic rings. The highest BCUT2D eigenvalue weighted by Crippen LogP contribution is 2.12. The fraction of sp³-hybridized carbons (Fsp3) is 0.206. The Labute approximate surface area is 345 Å². The Bertz CT molecular complexity index is 3370. The van der Waals surface area contributed by atoms with Crippen LogP contribution in [-0.4, -0.2) is 87.2 Å². The average Bonchev–Trinajstić information content (AvgIpc) is 3.92. The normalized spacial score (nSPS) is 10.2. The molecule has 10 N–H and O–H groups in total. The summed E-state index contributed by atoms with van der Waals surface area (Å²) in [6.45, 7) is 1.65. The van der Waals surface area contributed by atoms with Crippen LogP contribution in [0.4, 0.5) is 17.6 Å². The standard InChI is InChI=1S/C6H7N5O.C6H7N5.C6H6N4O.C6H8N2O2.C5H7N3O.C5H6N2O2/c1-11-2-8-3-4(11)9-6(7)10-5(3)12;1-11-3-10-4-5(7)8-2-9-6(4)11;1-10-3-9-4-5(10)7-2-8-6(4)11;1-4-3-8(2)6(10)7-5(4)9;1-8-3-2-4(6)7-5(8)9;1-7-3-2-4(8)6-5(7)9/h2H,1H3,(H3,7,9,10,12);2-3H,1H3,(H2,7,8,9);2-3H,1H3,(H,7,8,11);3H,1-2H3,(H,7,9,10);2-3H,1H3,(H2,6,7,9);2-3H,1H3,(H,6,8,9). The predicted octanol–water partition coefficient (Wildman–Crippen LogP) is -3.34. The van der Waals surface area contributed by atoms with E-state index in [1.807, 2.05) is 7.05 Å². The number of aromatic amines is 4. The highest BCUT2D eigenvalue weighted by atomic mass is 16.2. The van der Waals surface area contributed by atoms with Crippen molar-refractivity contribution < 1.29 is 0 Å². The number of fused-ring (bicyclic) bond motifs is 3. The van der Waals surface area contributed by atoms with Crippen molar-refractivity contribution in [1.29, 1.82) is 0 Å². The number of H-pyrrole nitrogens is 4. The van der Waals surface area contributed by atoms with E-state index in [9.17, 15) is 33.6 Å². The van der Waals surface area contributed by atoms with Crippen LogP contribution in [-0.2, 0) is 42.3 Å². The first-order valence-electron chi connectivity index (χ1n) is 17.5. The van der Waals surface area contributed by atoms with E-state index in [1.54, 1.807) is 80.8 Å². The number of aryl methyl sites for hydroxylation is 7. The number of aromatic nitrogens is 18. The number of hydrogen-bond acceptors (Lipinski definition) is 18. The lowest BCUT2D eigenvalue weighted by molar-refractivity contribution is 0.789. The first kappa shape index (κ1) is 45.6. The van der Waals surface area contributed by atoms with Gasteiger partial charge >= 0.3 is 17.1 Å². The zero-order valence-corrected chi connectivity index (χ0v) is 34.1. The van der Waals surface area contributed by atoms with E-state index in [2.05, 4.69) is 59.8 Å². The molecule has 9 rings (SSSR count). The van der Waals surface area contributed by atoms with Gasteiger partial charge in [-0.15, -0.1) is 0 Å². The molecule has 0 saturated heterocycles. The Kier molecular flexibility index (Phi) is 14.7. The summed E-state index contributed by atoms with van der Waals surface area (Å²) in [5, 5.41) is 0. The van der Waals surface area contributed by atoms with E-state index in [1.165, 1.54) is 51.1 Å². The van der Waals surface area contributed by atoms with Crippen LogP contribution in [0.2, 0.25) is 0 Å². The summed E-state index contributed by atoms with van der Waals surface area (Å²) < 4.78 is 9.12. The zero-order chi connectivity index (χ0) is 45.8. The van der Waals surface area contributed by atoms with Crippen LogP contribution in [0.15, 0.2) is 95.9 Å². The molecular weight excluding hydrogens is 815 g/mol. The minimum absolute atomic E-state index is 0.108. The summed E-state index contributed by atoms with van der Waals surface area (Å²) in [4.78, 5) is 115. The fourth-order valence-electron chi connectivity index (χ4n) is 4.61. The predicted molar refractivity (Wildman–Crippen MR) is 227 cm³/mol. The molecular formula is C34H41N21O7. The van der Waals surface area contributed by atoms with Crippen molar-refractivity contribution in [3.8, 4) is 0 Å². The van der Waals surface area contributed by atoms with Gasteiger partial charge in [0.25, 0.3) is 22.2 Å². The Balaban J connectivity index is 0.000000164. The van der Waals surface area contributed by atoms with Crippen LogP contribution >= 0.6 is 0 Å². The molecule has 0 aliphatic heterocycles. The smallest absolute Gasteiger partial charge is 0.349 e. The van der Waals surface area contributed by atoms with Crippen molar-refractivity contribution in [3.63, 3.8) is 0 Å². The van der Waals surface area contributed by atoms with Crippen molar-refractivity contribution in [2.45, 2.75) is 6.92 Å². The van der Waals surface area contributed by atoms with Crippen LogP contribution in [0.5, 0.6) is 0 Å². The quantitative estimate of drug-likeness (QED) is 0.0784. The summed E-state index contributed by atoms with van der Waals surface area (Å²) in [6.07, 6.45) is 12.0. The van der Waals surface area contributed by atoms with Crippen molar-refractivity contribution in [2.75, 3.05) is 17.2 Å². The molecule has 0 radical (unpaired) electrons. The number of nitrogens with two attached hydrogens (primary N) is 3. The second-order valence-electron chi connectivity index (χ2n) is 12.7. The first-order valence-corrected chi connectivity index (χ1v) is 17.5. The van der Waals surface area contributed by atoms with Crippen molar-refractivity contribution in [2.24, 2.45) is 42.3 Å². The molecule has 0 bridgehead atoms. The molecule has 0 aromatic carbocycles. The van der Waals surface area contributed by atoms with E-state index in [4.69, 9.17) is 17.2 Å².